The molecule has 6 nitrogen and oxygen atoms in total. The number of halogens is 1. The normalized spacial score (nSPS) is 17.5. The van der Waals surface area contributed by atoms with Crippen LogP contribution in [0.4, 0.5) is 10.2 Å². The predicted molar refractivity (Wildman–Crippen MR) is 86.0 cm³/mol. The summed E-state index contributed by atoms with van der Waals surface area (Å²) in [5.74, 6) is 7.10. The van der Waals surface area contributed by atoms with Crippen LogP contribution in [0.1, 0.15) is 5.56 Å². The first-order valence-electron chi connectivity index (χ1n) is 7.58. The molecule has 3 heterocycles. The number of anilines is 1. The smallest absolute Gasteiger partial charge is 0.254 e. The molecule has 1 fully saturated rings. The van der Waals surface area contributed by atoms with Crippen molar-refractivity contribution in [1.82, 2.24) is 19.6 Å². The second kappa shape index (κ2) is 6.26. The van der Waals surface area contributed by atoms with Crippen LogP contribution in [0, 0.1) is 17.7 Å². The lowest BCUT2D eigenvalue weighted by atomic mass is 10.2. The molecule has 120 valence electrons. The maximum atomic E-state index is 13.2. The third-order valence-electron chi connectivity index (χ3n) is 3.73. The van der Waals surface area contributed by atoms with E-state index < -0.39 is 0 Å². The lowest BCUT2D eigenvalue weighted by Gasteiger charge is -2.31. The quantitative estimate of drug-likeness (QED) is 0.636. The Bertz CT molecular complexity index is 929. The number of nitrogens with zero attached hydrogens (tertiary/aromatic N) is 5. The van der Waals surface area contributed by atoms with Crippen molar-refractivity contribution in [3.8, 4) is 11.8 Å². The van der Waals surface area contributed by atoms with Crippen LogP contribution in [0.2, 0.25) is 0 Å². The Morgan fingerprint density at radius 3 is 3.17 bits per heavy atom. The van der Waals surface area contributed by atoms with Crippen LogP contribution < -0.4 is 4.90 Å². The van der Waals surface area contributed by atoms with E-state index in [4.69, 9.17) is 4.74 Å². The number of benzene rings is 1. The van der Waals surface area contributed by atoms with E-state index in [1.54, 1.807) is 16.6 Å². The monoisotopic (exact) mass is 323 g/mol. The van der Waals surface area contributed by atoms with Crippen LogP contribution in [0.15, 0.2) is 42.9 Å². The van der Waals surface area contributed by atoms with E-state index in [9.17, 15) is 4.39 Å². The minimum absolute atomic E-state index is 0.252. The summed E-state index contributed by atoms with van der Waals surface area (Å²) in [5, 5.41) is 4.04. The van der Waals surface area contributed by atoms with Crippen LogP contribution in [-0.2, 0) is 4.74 Å². The molecule has 24 heavy (non-hydrogen) atoms. The van der Waals surface area contributed by atoms with Crippen LogP contribution in [0.5, 0.6) is 0 Å². The summed E-state index contributed by atoms with van der Waals surface area (Å²) >= 11 is 0. The van der Waals surface area contributed by atoms with Crippen molar-refractivity contribution in [2.45, 2.75) is 6.10 Å². The van der Waals surface area contributed by atoms with Gasteiger partial charge in [0.15, 0.2) is 0 Å². The molecule has 1 atom stereocenters. The number of hydrogen-bond acceptors (Lipinski definition) is 5. The van der Waals surface area contributed by atoms with Gasteiger partial charge in [0.2, 0.25) is 0 Å². The Kier molecular flexibility index (Phi) is 3.81. The van der Waals surface area contributed by atoms with Crippen LogP contribution in [-0.4, -0.2) is 45.4 Å². The number of rotatable bonds is 1. The van der Waals surface area contributed by atoms with Crippen molar-refractivity contribution < 1.29 is 9.13 Å². The van der Waals surface area contributed by atoms with Gasteiger partial charge in [-0.15, -0.1) is 0 Å². The summed E-state index contributed by atoms with van der Waals surface area (Å²) in [6, 6.07) is 8.12. The summed E-state index contributed by atoms with van der Waals surface area (Å²) in [4.78, 5) is 10.7. The highest BCUT2D eigenvalue weighted by atomic mass is 19.1. The van der Waals surface area contributed by atoms with Crippen molar-refractivity contribution >= 4 is 11.6 Å². The molecular weight excluding hydrogens is 309 g/mol. The molecule has 2 aromatic heterocycles. The highest BCUT2D eigenvalue weighted by molar-refractivity contribution is 5.45. The van der Waals surface area contributed by atoms with Gasteiger partial charge in [-0.3, -0.25) is 0 Å². The fourth-order valence-electron chi connectivity index (χ4n) is 2.56. The molecule has 1 unspecified atom stereocenters. The number of fused-ring (bicyclic) bond motifs is 1. The molecule has 0 amide bonds. The molecule has 1 aliphatic rings. The average Bonchev–Trinajstić information content (AvgIpc) is 3.08. The first-order valence-corrected chi connectivity index (χ1v) is 7.58. The molecule has 1 aliphatic heterocycles. The largest absolute Gasteiger partial charge is 0.362 e. The SMILES string of the molecule is Fc1cccc(C#CC2CN(c3ccn4ncnc4n3)CCO2)c1. The molecule has 3 aromatic rings. The fraction of sp³-hybridized carbons (Fsp3) is 0.235. The molecule has 7 heteroatoms. The molecule has 0 radical (unpaired) electrons. The molecule has 4 rings (SSSR count). The molecule has 1 aromatic carbocycles. The zero-order chi connectivity index (χ0) is 16.4. The van der Waals surface area contributed by atoms with Crippen LogP contribution in [0.3, 0.4) is 0 Å². The zero-order valence-electron chi connectivity index (χ0n) is 12.8. The van der Waals surface area contributed by atoms with E-state index in [2.05, 4.69) is 31.8 Å². The Balaban J connectivity index is 1.51. The first kappa shape index (κ1) is 14.6. The van der Waals surface area contributed by atoms with Gasteiger partial charge in [-0.1, -0.05) is 17.9 Å². The second-order valence-corrected chi connectivity index (χ2v) is 5.38. The van der Waals surface area contributed by atoms with Crippen LogP contribution >= 0.6 is 0 Å². The van der Waals surface area contributed by atoms with E-state index in [1.807, 2.05) is 12.3 Å². The fourth-order valence-corrected chi connectivity index (χ4v) is 2.56. The van der Waals surface area contributed by atoms with E-state index >= 15 is 0 Å². The Morgan fingerprint density at radius 1 is 1.29 bits per heavy atom. The van der Waals surface area contributed by atoms with Gasteiger partial charge >= 0.3 is 0 Å². The van der Waals surface area contributed by atoms with Crippen molar-refractivity contribution in [1.29, 1.82) is 0 Å². The van der Waals surface area contributed by atoms with Gasteiger partial charge < -0.3 is 9.64 Å². The maximum absolute atomic E-state index is 13.2. The summed E-state index contributed by atoms with van der Waals surface area (Å²) in [7, 11) is 0. The van der Waals surface area contributed by atoms with Gasteiger partial charge in [0.05, 0.1) is 13.2 Å². The highest BCUT2D eigenvalue weighted by Gasteiger charge is 2.20. The number of morpholine rings is 1. The van der Waals surface area contributed by atoms with Crippen molar-refractivity contribution in [3.05, 3.63) is 54.2 Å². The maximum Gasteiger partial charge on any atom is 0.254 e. The van der Waals surface area contributed by atoms with Gasteiger partial charge in [-0.05, 0) is 24.3 Å². The number of aromatic nitrogens is 4. The minimum atomic E-state index is -0.293. The molecule has 0 N–H and O–H groups in total. The standard InChI is InChI=1S/C17H14FN5O/c18-14-3-1-2-13(10-14)4-5-15-11-22(8-9-24-15)16-6-7-23-17(21-16)19-12-20-23/h1-3,6-7,10,12,15H,8-9,11H2. The summed E-state index contributed by atoms with van der Waals surface area (Å²) in [6.45, 7) is 1.89. The zero-order valence-corrected chi connectivity index (χ0v) is 12.8. The topological polar surface area (TPSA) is 55.5 Å². The third kappa shape index (κ3) is 3.05. The molecule has 0 spiro atoms. The first-order chi connectivity index (χ1) is 11.8. The van der Waals surface area contributed by atoms with Gasteiger partial charge in [0.25, 0.3) is 5.78 Å². The molecule has 0 bridgehead atoms. The van der Waals surface area contributed by atoms with Gasteiger partial charge in [0, 0.05) is 18.3 Å². The lowest BCUT2D eigenvalue weighted by Crippen LogP contribution is -2.42. The molecule has 0 saturated carbocycles. The van der Waals surface area contributed by atoms with E-state index in [0.717, 1.165) is 12.4 Å². The molecule has 0 aliphatic carbocycles. The highest BCUT2D eigenvalue weighted by Crippen LogP contribution is 2.15. The van der Waals surface area contributed by atoms with Gasteiger partial charge in [-0.25, -0.2) is 8.91 Å². The lowest BCUT2D eigenvalue weighted by molar-refractivity contribution is 0.0775. The van der Waals surface area contributed by atoms with Gasteiger partial charge in [0.1, 0.15) is 24.1 Å². The van der Waals surface area contributed by atoms with E-state index in [0.29, 0.717) is 24.5 Å². The van der Waals surface area contributed by atoms with E-state index in [-0.39, 0.29) is 11.9 Å². The Labute approximate surface area is 137 Å². The van der Waals surface area contributed by atoms with E-state index in [1.165, 1.54) is 18.5 Å². The summed E-state index contributed by atoms with van der Waals surface area (Å²) in [6.07, 6.45) is 3.05. The van der Waals surface area contributed by atoms with Gasteiger partial charge in [-0.2, -0.15) is 15.1 Å². The Morgan fingerprint density at radius 2 is 2.25 bits per heavy atom. The number of ether oxygens (including phenoxy) is 1. The average molecular weight is 323 g/mol. The molecular formula is C17H14FN5O. The van der Waals surface area contributed by atoms with Crippen LogP contribution in [0.25, 0.3) is 5.78 Å². The minimum Gasteiger partial charge on any atom is -0.362 e. The number of hydrogen-bond donors (Lipinski definition) is 0. The summed E-state index contributed by atoms with van der Waals surface area (Å²) < 4.78 is 20.5. The van der Waals surface area contributed by atoms with Crippen molar-refractivity contribution in [2.24, 2.45) is 0 Å². The predicted octanol–water partition coefficient (Wildman–Crippen LogP) is 1.52. The van der Waals surface area contributed by atoms with Crippen molar-refractivity contribution in [3.63, 3.8) is 0 Å². The van der Waals surface area contributed by atoms with Crippen molar-refractivity contribution in [2.75, 3.05) is 24.6 Å². The third-order valence-corrected chi connectivity index (χ3v) is 3.73. The summed E-state index contributed by atoms with van der Waals surface area (Å²) in [5.41, 5.74) is 0.638. The second-order valence-electron chi connectivity index (χ2n) is 5.38. The Hall–Kier alpha value is -2.98. The molecule has 1 saturated heterocycles.